The van der Waals surface area contributed by atoms with Gasteiger partial charge in [-0.3, -0.25) is 14.6 Å². The smallest absolute Gasteiger partial charge is 0.246 e. The predicted octanol–water partition coefficient (Wildman–Crippen LogP) is -1.19. The molecule has 0 aromatic heterocycles. The Balaban J connectivity index is 3.70. The number of guanidine groups is 1. The normalized spacial score (nSPS) is 11.8. The van der Waals surface area contributed by atoms with E-state index in [2.05, 4.69) is 10.3 Å². The van der Waals surface area contributed by atoms with E-state index in [9.17, 15) is 9.59 Å². The van der Waals surface area contributed by atoms with Crippen molar-refractivity contribution >= 4 is 17.6 Å². The summed E-state index contributed by atoms with van der Waals surface area (Å²) >= 11 is 0. The monoisotopic (exact) mass is 376 g/mol. The lowest BCUT2D eigenvalue weighted by molar-refractivity contribution is -0.130. The minimum absolute atomic E-state index is 0.00516. The molecule has 152 valence electrons. The molecule has 0 saturated heterocycles. The number of nitrogens with two attached hydrogens (primary N) is 2. The molecule has 0 fully saturated rings. The van der Waals surface area contributed by atoms with Gasteiger partial charge in [0.15, 0.2) is 11.7 Å². The maximum atomic E-state index is 11.8. The van der Waals surface area contributed by atoms with E-state index in [1.165, 1.54) is 6.92 Å². The van der Waals surface area contributed by atoms with E-state index in [0.29, 0.717) is 52.4 Å². The molecule has 0 radical (unpaired) electrons. The number of ether oxygens (including phenoxy) is 4. The summed E-state index contributed by atoms with van der Waals surface area (Å²) in [6.07, 6.45) is 1.05. The molecule has 0 aromatic carbocycles. The number of hydrogen-bond acceptors (Lipinski definition) is 7. The molecule has 0 saturated carbocycles. The molecule has 0 aliphatic heterocycles. The highest BCUT2D eigenvalue weighted by Crippen LogP contribution is 1.99. The summed E-state index contributed by atoms with van der Waals surface area (Å²) in [4.78, 5) is 27.2. The van der Waals surface area contributed by atoms with Crippen molar-refractivity contribution in [2.24, 2.45) is 16.5 Å². The first-order valence-corrected chi connectivity index (χ1v) is 8.54. The molecule has 10 heteroatoms. The lowest BCUT2D eigenvalue weighted by Gasteiger charge is -2.15. The number of rotatable bonds is 17. The number of methoxy groups -OCH3 is 1. The highest BCUT2D eigenvalue weighted by Gasteiger charge is 2.16. The SMILES string of the molecule is COCCOCCOCCOCC(=O)N[C@@H](CCCN=C(N)N)C(C)=O. The van der Waals surface area contributed by atoms with Crippen molar-refractivity contribution < 1.29 is 28.5 Å². The molecule has 10 nitrogen and oxygen atoms in total. The molecular formula is C16H32N4O6. The van der Waals surface area contributed by atoms with Gasteiger partial charge in [-0.05, 0) is 19.8 Å². The second-order valence-corrected chi connectivity index (χ2v) is 5.45. The Labute approximate surface area is 154 Å². The number of Topliss-reactive ketones (excluding diaryl/α,β-unsaturated/α-hetero) is 1. The third-order valence-corrected chi connectivity index (χ3v) is 3.18. The zero-order valence-electron chi connectivity index (χ0n) is 15.7. The highest BCUT2D eigenvalue weighted by atomic mass is 16.6. The molecule has 0 aromatic rings. The fraction of sp³-hybridized carbons (Fsp3) is 0.812. The summed E-state index contributed by atoms with van der Waals surface area (Å²) in [6, 6.07) is -0.569. The van der Waals surface area contributed by atoms with E-state index in [0.717, 1.165) is 0 Å². The first-order chi connectivity index (χ1) is 12.5. The Bertz CT molecular complexity index is 416. The Morgan fingerprint density at radius 3 is 2.12 bits per heavy atom. The second kappa shape index (κ2) is 16.7. The van der Waals surface area contributed by atoms with Crippen LogP contribution in [-0.4, -0.2) is 83.6 Å². The average Bonchev–Trinajstić information content (AvgIpc) is 2.58. The molecular weight excluding hydrogens is 344 g/mol. The summed E-state index contributed by atoms with van der Waals surface area (Å²) in [5.74, 6) is -0.472. The number of hydrogen-bond donors (Lipinski definition) is 3. The predicted molar refractivity (Wildman–Crippen MR) is 96.9 cm³/mol. The number of ketones is 1. The Kier molecular flexibility index (Phi) is 15.6. The zero-order chi connectivity index (χ0) is 19.6. The third-order valence-electron chi connectivity index (χ3n) is 3.18. The molecule has 5 N–H and O–H groups in total. The lowest BCUT2D eigenvalue weighted by Crippen LogP contribution is -2.41. The van der Waals surface area contributed by atoms with E-state index in [1.54, 1.807) is 7.11 Å². The van der Waals surface area contributed by atoms with Gasteiger partial charge in [-0.15, -0.1) is 0 Å². The van der Waals surface area contributed by atoms with Gasteiger partial charge in [0, 0.05) is 13.7 Å². The molecule has 1 amide bonds. The van der Waals surface area contributed by atoms with E-state index >= 15 is 0 Å². The second-order valence-electron chi connectivity index (χ2n) is 5.45. The Morgan fingerprint density at radius 1 is 1.00 bits per heavy atom. The summed E-state index contributed by atoms with van der Waals surface area (Å²) in [5.41, 5.74) is 10.5. The largest absolute Gasteiger partial charge is 0.382 e. The molecule has 0 aliphatic rings. The van der Waals surface area contributed by atoms with Crippen LogP contribution < -0.4 is 16.8 Å². The zero-order valence-corrected chi connectivity index (χ0v) is 15.7. The fourth-order valence-corrected chi connectivity index (χ4v) is 1.86. The third kappa shape index (κ3) is 15.8. The van der Waals surface area contributed by atoms with Crippen molar-refractivity contribution in [2.45, 2.75) is 25.8 Å². The lowest BCUT2D eigenvalue weighted by atomic mass is 10.1. The topological polar surface area (TPSA) is 147 Å². The molecule has 0 aliphatic carbocycles. The Morgan fingerprint density at radius 2 is 1.58 bits per heavy atom. The van der Waals surface area contributed by atoms with Crippen LogP contribution in [0.1, 0.15) is 19.8 Å². The summed E-state index contributed by atoms with van der Waals surface area (Å²) in [6.45, 7) is 4.33. The van der Waals surface area contributed by atoms with Gasteiger partial charge < -0.3 is 35.7 Å². The van der Waals surface area contributed by atoms with Gasteiger partial charge in [-0.1, -0.05) is 0 Å². The van der Waals surface area contributed by atoms with Crippen LogP contribution in [0.25, 0.3) is 0 Å². The van der Waals surface area contributed by atoms with Crippen molar-refractivity contribution in [3.63, 3.8) is 0 Å². The number of nitrogens with zero attached hydrogens (tertiary/aromatic N) is 1. The number of nitrogens with one attached hydrogen (secondary N) is 1. The van der Waals surface area contributed by atoms with E-state index < -0.39 is 6.04 Å². The minimum Gasteiger partial charge on any atom is -0.382 e. The van der Waals surface area contributed by atoms with Crippen molar-refractivity contribution in [3.8, 4) is 0 Å². The van der Waals surface area contributed by atoms with Gasteiger partial charge in [-0.2, -0.15) is 0 Å². The van der Waals surface area contributed by atoms with Gasteiger partial charge in [0.1, 0.15) is 6.61 Å². The first kappa shape index (κ1) is 24.2. The van der Waals surface area contributed by atoms with Gasteiger partial charge in [0.2, 0.25) is 5.91 Å². The maximum absolute atomic E-state index is 11.8. The fourth-order valence-electron chi connectivity index (χ4n) is 1.86. The van der Waals surface area contributed by atoms with Crippen LogP contribution in [0.5, 0.6) is 0 Å². The summed E-state index contributed by atoms with van der Waals surface area (Å²) in [5, 5.41) is 2.64. The molecule has 1 atom stereocenters. The van der Waals surface area contributed by atoms with Crippen LogP contribution in [-0.2, 0) is 28.5 Å². The number of aliphatic imine (C=N–C) groups is 1. The number of carbonyl (C=O) groups excluding carboxylic acids is 2. The number of amides is 1. The van der Waals surface area contributed by atoms with Crippen LogP contribution in [0.2, 0.25) is 0 Å². The van der Waals surface area contributed by atoms with Crippen molar-refractivity contribution in [1.29, 1.82) is 0 Å². The van der Waals surface area contributed by atoms with Crippen LogP contribution in [0.4, 0.5) is 0 Å². The van der Waals surface area contributed by atoms with Gasteiger partial charge in [0.05, 0.1) is 45.7 Å². The summed E-state index contributed by atoms with van der Waals surface area (Å²) < 4.78 is 20.6. The van der Waals surface area contributed by atoms with Crippen molar-refractivity contribution in [1.82, 2.24) is 5.32 Å². The van der Waals surface area contributed by atoms with E-state index in [-0.39, 0.29) is 30.9 Å². The van der Waals surface area contributed by atoms with E-state index in [1.807, 2.05) is 0 Å². The minimum atomic E-state index is -0.569. The maximum Gasteiger partial charge on any atom is 0.246 e. The summed E-state index contributed by atoms with van der Waals surface area (Å²) in [7, 11) is 1.61. The van der Waals surface area contributed by atoms with Crippen LogP contribution >= 0.6 is 0 Å². The van der Waals surface area contributed by atoms with Crippen LogP contribution in [0.3, 0.4) is 0 Å². The number of carbonyl (C=O) groups is 2. The van der Waals surface area contributed by atoms with Crippen LogP contribution in [0, 0.1) is 0 Å². The molecule has 0 spiro atoms. The van der Waals surface area contributed by atoms with Gasteiger partial charge >= 0.3 is 0 Å². The van der Waals surface area contributed by atoms with Crippen LogP contribution in [0.15, 0.2) is 4.99 Å². The first-order valence-electron chi connectivity index (χ1n) is 8.54. The molecule has 0 rings (SSSR count). The van der Waals surface area contributed by atoms with Crippen molar-refractivity contribution in [2.75, 3.05) is 59.9 Å². The van der Waals surface area contributed by atoms with Gasteiger partial charge in [-0.25, -0.2) is 0 Å². The quantitative estimate of drug-likeness (QED) is 0.163. The highest BCUT2D eigenvalue weighted by molar-refractivity contribution is 5.87. The Hall–Kier alpha value is -1.75. The van der Waals surface area contributed by atoms with Gasteiger partial charge in [0.25, 0.3) is 0 Å². The standard InChI is InChI=1S/C16H32N4O6/c1-13(21)14(4-3-5-19-16(17)18)20-15(22)12-26-11-10-25-9-8-24-7-6-23-2/h14H,3-12H2,1-2H3,(H,20,22)(H4,17,18,19)/t14-/m0/s1. The van der Waals surface area contributed by atoms with E-state index in [4.69, 9.17) is 30.4 Å². The molecule has 26 heavy (non-hydrogen) atoms. The average molecular weight is 376 g/mol. The van der Waals surface area contributed by atoms with Crippen molar-refractivity contribution in [3.05, 3.63) is 0 Å². The molecule has 0 heterocycles. The molecule has 0 unspecified atom stereocenters. The molecule has 0 bridgehead atoms.